The maximum atomic E-state index is 12.0. The molecule has 3 fully saturated rings. The van der Waals surface area contributed by atoms with Gasteiger partial charge in [0.25, 0.3) is 0 Å². The van der Waals surface area contributed by atoms with Gasteiger partial charge in [0, 0.05) is 0 Å². The topological polar surface area (TPSA) is 63.2 Å². The number of carbonyl (C=O) groups is 1. The summed E-state index contributed by atoms with van der Waals surface area (Å²) in [6.07, 6.45) is -1.65. The van der Waals surface area contributed by atoms with E-state index in [1.54, 1.807) is 0 Å². The molecule has 0 aromatic rings. The average molecular weight is 286 g/mol. The molecule has 3 rings (SSSR count). The Morgan fingerprint density at radius 2 is 1.85 bits per heavy atom. The summed E-state index contributed by atoms with van der Waals surface area (Å²) in [4.78, 5) is 12.0. The number of carbonyl (C=O) groups excluding carboxylic acids is 1. The molecule has 3 saturated heterocycles. The third-order valence-corrected chi connectivity index (χ3v) is 3.72. The Balaban J connectivity index is 1.65. The Morgan fingerprint density at radius 3 is 2.50 bits per heavy atom. The third kappa shape index (κ3) is 2.35. The fourth-order valence-electron chi connectivity index (χ4n) is 2.71. The fourth-order valence-corrected chi connectivity index (χ4v) is 2.71. The lowest BCUT2D eigenvalue weighted by Crippen LogP contribution is -2.38. The largest absolute Gasteiger partial charge is 0.457 e. The molecular weight excluding hydrogens is 264 g/mol. The van der Waals surface area contributed by atoms with Crippen molar-refractivity contribution < 1.29 is 28.5 Å². The first-order valence-electron chi connectivity index (χ1n) is 7.01. The molecule has 0 aromatic carbocycles. The maximum absolute atomic E-state index is 12.0. The molecule has 0 N–H and O–H groups in total. The first-order chi connectivity index (χ1) is 9.17. The van der Waals surface area contributed by atoms with Gasteiger partial charge in [-0.1, -0.05) is 0 Å². The summed E-state index contributed by atoms with van der Waals surface area (Å²) in [5.41, 5.74) is -0.540. The van der Waals surface area contributed by atoms with Gasteiger partial charge in [-0.3, -0.25) is 4.79 Å². The van der Waals surface area contributed by atoms with Gasteiger partial charge in [0.15, 0.2) is 18.2 Å². The number of ether oxygens (including phenoxy) is 5. The highest BCUT2D eigenvalue weighted by molar-refractivity contribution is 5.75. The lowest BCUT2D eigenvalue weighted by atomic mass is 9.97. The zero-order valence-electron chi connectivity index (χ0n) is 12.5. The van der Waals surface area contributed by atoms with E-state index >= 15 is 0 Å². The monoisotopic (exact) mass is 286 g/mol. The van der Waals surface area contributed by atoms with E-state index in [1.165, 1.54) is 0 Å². The van der Waals surface area contributed by atoms with Gasteiger partial charge in [-0.15, -0.1) is 0 Å². The smallest absolute Gasteiger partial charge is 0.311 e. The van der Waals surface area contributed by atoms with E-state index in [9.17, 15) is 4.79 Å². The van der Waals surface area contributed by atoms with E-state index in [2.05, 4.69) is 0 Å². The molecule has 6 heteroatoms. The Bertz CT molecular complexity index is 412. The number of esters is 1. The second kappa shape index (κ2) is 4.40. The normalized spacial score (nSPS) is 42.4. The van der Waals surface area contributed by atoms with Crippen molar-refractivity contribution in [3.05, 3.63) is 0 Å². The van der Waals surface area contributed by atoms with Crippen LogP contribution in [0.4, 0.5) is 0 Å². The number of hydrogen-bond donors (Lipinski definition) is 0. The summed E-state index contributed by atoms with van der Waals surface area (Å²) in [5, 5.41) is 0. The van der Waals surface area contributed by atoms with Crippen LogP contribution >= 0.6 is 0 Å². The van der Waals surface area contributed by atoms with E-state index < -0.39 is 23.6 Å². The first-order valence-corrected chi connectivity index (χ1v) is 7.01. The predicted octanol–water partition coefficient (Wildman–Crippen LogP) is 1.22. The fraction of sp³-hybridized carbons (Fsp3) is 0.929. The van der Waals surface area contributed by atoms with Crippen LogP contribution in [0.2, 0.25) is 0 Å². The van der Waals surface area contributed by atoms with Crippen LogP contribution in [0.1, 0.15) is 34.6 Å². The van der Waals surface area contributed by atoms with E-state index in [0.29, 0.717) is 6.61 Å². The minimum atomic E-state index is -0.663. The Labute approximate surface area is 118 Å². The summed E-state index contributed by atoms with van der Waals surface area (Å²) in [5.74, 6) is -0.918. The van der Waals surface area contributed by atoms with Crippen molar-refractivity contribution in [2.45, 2.75) is 71.1 Å². The van der Waals surface area contributed by atoms with Crippen LogP contribution < -0.4 is 0 Å². The number of rotatable bonds is 1. The molecule has 6 nitrogen and oxygen atoms in total. The zero-order valence-corrected chi connectivity index (χ0v) is 12.5. The SMILES string of the molecule is CC1(C)O[C@H]2O[C@H]3[C@H](OC[C@H]3OC(=O)C(C)(C)C)[C@H]2O1. The highest BCUT2D eigenvalue weighted by atomic mass is 16.8. The van der Waals surface area contributed by atoms with E-state index in [-0.39, 0.29) is 24.3 Å². The zero-order chi connectivity index (χ0) is 14.7. The van der Waals surface area contributed by atoms with Crippen LogP contribution in [0.25, 0.3) is 0 Å². The molecule has 114 valence electrons. The molecule has 0 aliphatic carbocycles. The van der Waals surface area contributed by atoms with Crippen molar-refractivity contribution in [2.24, 2.45) is 5.41 Å². The first kappa shape index (κ1) is 14.3. The molecule has 0 radical (unpaired) electrons. The highest BCUT2D eigenvalue weighted by Crippen LogP contribution is 2.42. The van der Waals surface area contributed by atoms with Gasteiger partial charge in [0.05, 0.1) is 12.0 Å². The minimum absolute atomic E-state index is 0.237. The van der Waals surface area contributed by atoms with E-state index in [1.807, 2.05) is 34.6 Å². The summed E-state index contributed by atoms with van der Waals surface area (Å²) in [6.45, 7) is 9.49. The van der Waals surface area contributed by atoms with Gasteiger partial charge in [0.2, 0.25) is 0 Å². The van der Waals surface area contributed by atoms with Crippen LogP contribution in [0.3, 0.4) is 0 Å². The molecule has 0 aromatic heterocycles. The van der Waals surface area contributed by atoms with Gasteiger partial charge in [-0.25, -0.2) is 0 Å². The van der Waals surface area contributed by atoms with Crippen LogP contribution in [0.5, 0.6) is 0 Å². The van der Waals surface area contributed by atoms with Crippen molar-refractivity contribution >= 4 is 5.97 Å². The second-order valence-corrected chi connectivity index (χ2v) is 7.06. The van der Waals surface area contributed by atoms with Crippen LogP contribution in [0, 0.1) is 5.41 Å². The van der Waals surface area contributed by atoms with Crippen molar-refractivity contribution in [1.29, 1.82) is 0 Å². The molecule has 20 heavy (non-hydrogen) atoms. The second-order valence-electron chi connectivity index (χ2n) is 7.06. The average Bonchev–Trinajstić information content (AvgIpc) is 2.87. The molecule has 0 bridgehead atoms. The lowest BCUT2D eigenvalue weighted by molar-refractivity contribution is -0.217. The van der Waals surface area contributed by atoms with E-state index in [4.69, 9.17) is 23.7 Å². The van der Waals surface area contributed by atoms with Gasteiger partial charge in [-0.2, -0.15) is 0 Å². The van der Waals surface area contributed by atoms with Crippen molar-refractivity contribution in [1.82, 2.24) is 0 Å². The maximum Gasteiger partial charge on any atom is 0.311 e. The minimum Gasteiger partial charge on any atom is -0.457 e. The molecule has 0 saturated carbocycles. The quantitative estimate of drug-likeness (QED) is 0.675. The van der Waals surface area contributed by atoms with Crippen LogP contribution in [-0.4, -0.2) is 49.1 Å². The lowest BCUT2D eigenvalue weighted by Gasteiger charge is -2.24. The molecular formula is C14H22O6. The Kier molecular flexibility index (Phi) is 3.14. The highest BCUT2D eigenvalue weighted by Gasteiger charge is 2.60. The van der Waals surface area contributed by atoms with Gasteiger partial charge >= 0.3 is 5.97 Å². The van der Waals surface area contributed by atoms with Gasteiger partial charge < -0.3 is 23.7 Å². The molecule has 0 amide bonds. The molecule has 3 aliphatic heterocycles. The third-order valence-electron chi connectivity index (χ3n) is 3.72. The number of fused-ring (bicyclic) bond motifs is 3. The van der Waals surface area contributed by atoms with Crippen LogP contribution in [-0.2, 0) is 28.5 Å². The van der Waals surface area contributed by atoms with Crippen molar-refractivity contribution in [3.8, 4) is 0 Å². The molecule has 3 aliphatic rings. The Morgan fingerprint density at radius 1 is 1.15 bits per heavy atom. The van der Waals surface area contributed by atoms with Gasteiger partial charge in [0.1, 0.15) is 18.3 Å². The molecule has 0 unspecified atom stereocenters. The molecule has 5 atom stereocenters. The summed E-state index contributed by atoms with van der Waals surface area (Å²) < 4.78 is 28.5. The summed E-state index contributed by atoms with van der Waals surface area (Å²) >= 11 is 0. The molecule has 0 spiro atoms. The Hall–Kier alpha value is -0.690. The summed E-state index contributed by atoms with van der Waals surface area (Å²) in [6, 6.07) is 0. The van der Waals surface area contributed by atoms with Crippen LogP contribution in [0.15, 0.2) is 0 Å². The van der Waals surface area contributed by atoms with Crippen molar-refractivity contribution in [3.63, 3.8) is 0 Å². The molecule has 3 heterocycles. The summed E-state index contributed by atoms with van der Waals surface area (Å²) in [7, 11) is 0. The predicted molar refractivity (Wildman–Crippen MR) is 67.8 cm³/mol. The van der Waals surface area contributed by atoms with Gasteiger partial charge in [-0.05, 0) is 34.6 Å². The van der Waals surface area contributed by atoms with E-state index in [0.717, 1.165) is 0 Å². The van der Waals surface area contributed by atoms with Crippen molar-refractivity contribution in [2.75, 3.05) is 6.61 Å². The number of hydrogen-bond acceptors (Lipinski definition) is 6. The standard InChI is InChI=1S/C14H22O6/c1-13(2,3)12(15)17-7-6-16-9-8(7)18-11-10(9)19-14(4,5)20-11/h7-11H,6H2,1-5H3/t7-,8-,9+,10-,11-/m1/s1.